The van der Waals surface area contributed by atoms with Gasteiger partial charge in [0.2, 0.25) is 5.82 Å². The molecule has 1 rings (SSSR count). The Bertz CT molecular complexity index is 574. The molecule has 0 saturated heterocycles. The largest absolute Gasteiger partial charge is 0.377 e. The van der Waals surface area contributed by atoms with Crippen molar-refractivity contribution in [3.05, 3.63) is 34.1 Å². The number of sulfone groups is 1. The van der Waals surface area contributed by atoms with Gasteiger partial charge in [-0.25, -0.2) is 8.42 Å². The van der Waals surface area contributed by atoms with Gasteiger partial charge in [0, 0.05) is 12.3 Å². The minimum Gasteiger partial charge on any atom is -0.377 e. The molecular formula is C11H15FN2O4S. The van der Waals surface area contributed by atoms with Crippen LogP contribution in [-0.2, 0) is 9.84 Å². The van der Waals surface area contributed by atoms with Crippen LogP contribution in [0.25, 0.3) is 0 Å². The zero-order chi connectivity index (χ0) is 14.6. The van der Waals surface area contributed by atoms with Crippen LogP contribution >= 0.6 is 0 Å². The molecule has 0 aliphatic heterocycles. The zero-order valence-corrected chi connectivity index (χ0v) is 11.4. The van der Waals surface area contributed by atoms with Gasteiger partial charge in [-0.1, -0.05) is 6.07 Å². The quantitative estimate of drug-likeness (QED) is 0.639. The molecule has 0 amide bonds. The Labute approximate surface area is 110 Å². The Kier molecular flexibility index (Phi) is 4.82. The molecule has 0 aliphatic rings. The third kappa shape index (κ3) is 4.82. The first-order chi connectivity index (χ1) is 8.70. The van der Waals surface area contributed by atoms with Gasteiger partial charge in [0.15, 0.2) is 0 Å². The normalized spacial score (nSPS) is 13.0. The maximum Gasteiger partial charge on any atom is 0.327 e. The van der Waals surface area contributed by atoms with Gasteiger partial charge in [0.25, 0.3) is 0 Å². The molecule has 0 bridgehead atoms. The summed E-state index contributed by atoms with van der Waals surface area (Å²) in [6.07, 6.45) is 1.40. The second-order valence-electron chi connectivity index (χ2n) is 4.36. The van der Waals surface area contributed by atoms with Crippen LogP contribution in [0.3, 0.4) is 0 Å². The average Bonchev–Trinajstić information content (AvgIpc) is 2.25. The molecule has 0 saturated carbocycles. The summed E-state index contributed by atoms with van der Waals surface area (Å²) in [6, 6.07) is 3.42. The van der Waals surface area contributed by atoms with Gasteiger partial charge in [-0.15, -0.1) is 0 Å². The van der Waals surface area contributed by atoms with Crippen molar-refractivity contribution < 1.29 is 17.7 Å². The van der Waals surface area contributed by atoms with Gasteiger partial charge in [-0.2, -0.15) is 4.39 Å². The van der Waals surface area contributed by atoms with Crippen LogP contribution < -0.4 is 5.32 Å². The summed E-state index contributed by atoms with van der Waals surface area (Å²) in [7, 11) is -3.09. The van der Waals surface area contributed by atoms with Crippen molar-refractivity contribution >= 4 is 21.2 Å². The number of hydrogen-bond acceptors (Lipinski definition) is 5. The highest BCUT2D eigenvalue weighted by atomic mass is 32.2. The van der Waals surface area contributed by atoms with Crippen molar-refractivity contribution in [2.24, 2.45) is 0 Å². The molecule has 19 heavy (non-hydrogen) atoms. The van der Waals surface area contributed by atoms with E-state index in [4.69, 9.17) is 0 Å². The number of halogens is 1. The molecule has 1 aromatic carbocycles. The van der Waals surface area contributed by atoms with Crippen molar-refractivity contribution in [2.45, 2.75) is 19.4 Å². The fourth-order valence-electron chi connectivity index (χ4n) is 1.55. The summed E-state index contributed by atoms with van der Waals surface area (Å²) in [5.41, 5.74) is -0.584. The molecule has 106 valence electrons. The molecule has 0 heterocycles. The molecule has 0 aliphatic carbocycles. The lowest BCUT2D eigenvalue weighted by Gasteiger charge is -2.14. The number of rotatable bonds is 6. The van der Waals surface area contributed by atoms with Crippen molar-refractivity contribution in [3.8, 4) is 0 Å². The minimum absolute atomic E-state index is 0.0374. The monoisotopic (exact) mass is 290 g/mol. The van der Waals surface area contributed by atoms with Gasteiger partial charge in [-0.05, 0) is 25.5 Å². The Morgan fingerprint density at radius 1 is 1.47 bits per heavy atom. The van der Waals surface area contributed by atoms with Crippen molar-refractivity contribution in [1.82, 2.24) is 0 Å². The van der Waals surface area contributed by atoms with E-state index >= 15 is 0 Å². The van der Waals surface area contributed by atoms with Crippen LogP contribution in [-0.4, -0.2) is 31.4 Å². The lowest BCUT2D eigenvalue weighted by molar-refractivity contribution is -0.386. The fraction of sp³-hybridized carbons (Fsp3) is 0.455. The van der Waals surface area contributed by atoms with Crippen LogP contribution in [0.1, 0.15) is 13.3 Å². The summed E-state index contributed by atoms with van der Waals surface area (Å²) in [4.78, 5) is 9.97. The van der Waals surface area contributed by atoms with Crippen LogP contribution in [0.4, 0.5) is 15.8 Å². The van der Waals surface area contributed by atoms with Crippen LogP contribution in [0.15, 0.2) is 18.2 Å². The second kappa shape index (κ2) is 5.96. The van der Waals surface area contributed by atoms with E-state index in [9.17, 15) is 22.9 Å². The molecule has 0 aromatic heterocycles. The molecular weight excluding hydrogens is 275 g/mol. The number of benzene rings is 1. The van der Waals surface area contributed by atoms with Gasteiger partial charge in [-0.3, -0.25) is 10.1 Å². The Morgan fingerprint density at radius 3 is 2.63 bits per heavy atom. The van der Waals surface area contributed by atoms with Crippen LogP contribution in [0.2, 0.25) is 0 Å². The summed E-state index contributed by atoms with van der Waals surface area (Å²) < 4.78 is 35.4. The van der Waals surface area contributed by atoms with Crippen LogP contribution in [0, 0.1) is 15.9 Å². The lowest BCUT2D eigenvalue weighted by Crippen LogP contribution is -2.20. The molecule has 0 fully saturated rings. The van der Waals surface area contributed by atoms with E-state index in [2.05, 4.69) is 5.32 Å². The topological polar surface area (TPSA) is 89.3 Å². The third-order valence-electron chi connectivity index (χ3n) is 2.49. The minimum atomic E-state index is -3.09. The molecule has 6 nitrogen and oxygen atoms in total. The Hall–Kier alpha value is -1.70. The number of para-hydroxylation sites is 1. The van der Waals surface area contributed by atoms with E-state index < -0.39 is 26.3 Å². The summed E-state index contributed by atoms with van der Waals surface area (Å²) in [6.45, 7) is 1.68. The molecule has 1 N–H and O–H groups in total. The maximum absolute atomic E-state index is 13.3. The van der Waals surface area contributed by atoms with Gasteiger partial charge < -0.3 is 5.32 Å². The molecule has 0 radical (unpaired) electrons. The second-order valence-corrected chi connectivity index (χ2v) is 6.62. The van der Waals surface area contributed by atoms with E-state index in [-0.39, 0.29) is 23.9 Å². The zero-order valence-electron chi connectivity index (χ0n) is 10.6. The average molecular weight is 290 g/mol. The smallest absolute Gasteiger partial charge is 0.327 e. The predicted octanol–water partition coefficient (Wildman–Crippen LogP) is 1.97. The highest BCUT2D eigenvalue weighted by Gasteiger charge is 2.21. The molecule has 1 aromatic rings. The highest BCUT2D eigenvalue weighted by molar-refractivity contribution is 7.90. The van der Waals surface area contributed by atoms with E-state index in [0.29, 0.717) is 0 Å². The third-order valence-corrected chi connectivity index (χ3v) is 3.47. The Balaban J connectivity index is 2.82. The lowest BCUT2D eigenvalue weighted by atomic mass is 10.2. The first-order valence-corrected chi connectivity index (χ1v) is 7.64. The van der Waals surface area contributed by atoms with Crippen molar-refractivity contribution in [2.75, 3.05) is 17.3 Å². The van der Waals surface area contributed by atoms with Gasteiger partial charge in [0.05, 0.1) is 10.7 Å². The molecule has 0 spiro atoms. The molecule has 8 heteroatoms. The molecule has 1 unspecified atom stereocenters. The number of nitrogens with zero attached hydrogens (tertiary/aromatic N) is 1. The van der Waals surface area contributed by atoms with E-state index in [0.717, 1.165) is 12.3 Å². The van der Waals surface area contributed by atoms with E-state index in [1.54, 1.807) is 6.92 Å². The molecule has 1 atom stereocenters. The number of nitro groups is 1. The number of anilines is 1. The van der Waals surface area contributed by atoms with Gasteiger partial charge >= 0.3 is 5.69 Å². The number of hydrogen-bond donors (Lipinski definition) is 1. The fourth-order valence-corrected chi connectivity index (χ4v) is 2.33. The highest BCUT2D eigenvalue weighted by Crippen LogP contribution is 2.28. The summed E-state index contributed by atoms with van der Waals surface area (Å²) >= 11 is 0. The standard InChI is InChI=1S/C11H15FN2O4S/c1-8(6-7-19(2,17)18)13-10-5-3-4-9(12)11(10)14(15)16/h3-5,8,13H,6-7H2,1-2H3. The summed E-state index contributed by atoms with van der Waals surface area (Å²) in [5.74, 6) is -0.963. The first kappa shape index (κ1) is 15.4. The van der Waals surface area contributed by atoms with Crippen molar-refractivity contribution in [1.29, 1.82) is 0 Å². The number of nitro benzene ring substituents is 1. The van der Waals surface area contributed by atoms with Gasteiger partial charge in [0.1, 0.15) is 15.5 Å². The first-order valence-electron chi connectivity index (χ1n) is 5.58. The van der Waals surface area contributed by atoms with E-state index in [1.807, 2.05) is 0 Å². The maximum atomic E-state index is 13.3. The van der Waals surface area contributed by atoms with Crippen LogP contribution in [0.5, 0.6) is 0 Å². The van der Waals surface area contributed by atoms with Crippen molar-refractivity contribution in [3.63, 3.8) is 0 Å². The number of nitrogens with one attached hydrogen (secondary N) is 1. The van der Waals surface area contributed by atoms with E-state index in [1.165, 1.54) is 12.1 Å². The SMILES string of the molecule is CC(CCS(C)(=O)=O)Nc1cccc(F)c1[N+](=O)[O-]. The Morgan fingerprint density at radius 2 is 2.11 bits per heavy atom. The summed E-state index contributed by atoms with van der Waals surface area (Å²) in [5, 5.41) is 13.5. The predicted molar refractivity (Wildman–Crippen MR) is 70.5 cm³/mol.